The Kier molecular flexibility index (Phi) is 8.94. The van der Waals surface area contributed by atoms with Crippen molar-refractivity contribution in [1.82, 2.24) is 10.2 Å². The van der Waals surface area contributed by atoms with Gasteiger partial charge in [0.25, 0.3) is 0 Å². The molecule has 0 unspecified atom stereocenters. The molecule has 6 heteroatoms. The lowest BCUT2D eigenvalue weighted by molar-refractivity contribution is -0.139. The molecule has 0 heterocycles. The quantitative estimate of drug-likeness (QED) is 0.400. The van der Waals surface area contributed by atoms with Gasteiger partial charge in [0.1, 0.15) is 6.04 Å². The van der Waals surface area contributed by atoms with Gasteiger partial charge < -0.3 is 10.2 Å². The first-order valence-electron chi connectivity index (χ1n) is 10.4. The number of carbonyl (C=O) groups is 2. The number of benzene rings is 3. The first kappa shape index (κ1) is 24.1. The Morgan fingerprint density at radius 3 is 2.31 bits per heavy atom. The largest absolute Gasteiger partial charge is 0.357 e. The average molecular weight is 511 g/mol. The van der Waals surface area contributed by atoms with Crippen molar-refractivity contribution in [3.63, 3.8) is 0 Å². The van der Waals surface area contributed by atoms with Crippen LogP contribution in [-0.4, -0.2) is 35.6 Å². The van der Waals surface area contributed by atoms with Crippen LogP contribution in [0.1, 0.15) is 16.7 Å². The molecule has 4 nitrogen and oxygen atoms in total. The molecule has 0 aliphatic rings. The van der Waals surface area contributed by atoms with Crippen LogP contribution in [0.4, 0.5) is 0 Å². The standard InChI is InChI=1S/C26H27BrN2O2S/c1-19-11-13-23(14-12-19)32-18-25(30)29(17-21-9-6-10-22(27)15-21)24(26(31)28-2)16-20-7-4-3-5-8-20/h3-15,24H,16-18H2,1-2H3,(H,28,31)/t24-/m0/s1. The lowest BCUT2D eigenvalue weighted by atomic mass is 10.0. The Morgan fingerprint density at radius 2 is 1.66 bits per heavy atom. The highest BCUT2D eigenvalue weighted by Crippen LogP contribution is 2.22. The second kappa shape index (κ2) is 11.9. The number of amides is 2. The van der Waals surface area contributed by atoms with Gasteiger partial charge in [-0.2, -0.15) is 0 Å². The van der Waals surface area contributed by atoms with Crippen LogP contribution in [0.5, 0.6) is 0 Å². The number of hydrogen-bond donors (Lipinski definition) is 1. The summed E-state index contributed by atoms with van der Waals surface area (Å²) in [7, 11) is 1.61. The van der Waals surface area contributed by atoms with Crippen molar-refractivity contribution >= 4 is 39.5 Å². The van der Waals surface area contributed by atoms with E-state index in [4.69, 9.17) is 0 Å². The SMILES string of the molecule is CNC(=O)[C@H](Cc1ccccc1)N(Cc1cccc(Br)c1)C(=O)CSc1ccc(C)cc1. The number of thioether (sulfide) groups is 1. The summed E-state index contributed by atoms with van der Waals surface area (Å²) in [5, 5.41) is 2.75. The van der Waals surface area contributed by atoms with Crippen molar-refractivity contribution in [2.24, 2.45) is 0 Å². The molecular weight excluding hydrogens is 484 g/mol. The summed E-state index contributed by atoms with van der Waals surface area (Å²) < 4.78 is 0.941. The number of hydrogen-bond acceptors (Lipinski definition) is 3. The van der Waals surface area contributed by atoms with Crippen LogP contribution in [0, 0.1) is 6.92 Å². The molecule has 3 rings (SSSR count). The second-order valence-electron chi connectivity index (χ2n) is 7.57. The topological polar surface area (TPSA) is 49.4 Å². The molecule has 3 aromatic carbocycles. The van der Waals surface area contributed by atoms with E-state index < -0.39 is 6.04 Å². The van der Waals surface area contributed by atoms with Crippen molar-refractivity contribution in [3.8, 4) is 0 Å². The minimum atomic E-state index is -0.604. The molecule has 0 aliphatic carbocycles. The lowest BCUT2D eigenvalue weighted by Gasteiger charge is -2.31. The molecule has 0 aromatic heterocycles. The predicted molar refractivity (Wildman–Crippen MR) is 135 cm³/mol. The van der Waals surface area contributed by atoms with E-state index in [2.05, 4.69) is 21.2 Å². The maximum atomic E-state index is 13.4. The molecule has 32 heavy (non-hydrogen) atoms. The second-order valence-corrected chi connectivity index (χ2v) is 9.54. The van der Waals surface area contributed by atoms with E-state index in [1.54, 1.807) is 11.9 Å². The number of likely N-dealkylation sites (N-methyl/N-ethyl adjacent to an activating group) is 1. The number of carbonyl (C=O) groups excluding carboxylic acids is 2. The van der Waals surface area contributed by atoms with Gasteiger partial charge >= 0.3 is 0 Å². The van der Waals surface area contributed by atoms with E-state index in [0.29, 0.717) is 13.0 Å². The number of halogens is 1. The summed E-state index contributed by atoms with van der Waals surface area (Å²) >= 11 is 4.99. The molecular formula is C26H27BrN2O2S. The smallest absolute Gasteiger partial charge is 0.242 e. The molecule has 1 atom stereocenters. The lowest BCUT2D eigenvalue weighted by Crippen LogP contribution is -2.50. The Morgan fingerprint density at radius 1 is 0.969 bits per heavy atom. The Bertz CT molecular complexity index is 1040. The molecule has 166 valence electrons. The third-order valence-electron chi connectivity index (χ3n) is 5.14. The van der Waals surface area contributed by atoms with Gasteiger partial charge in [0, 0.05) is 29.4 Å². The fourth-order valence-corrected chi connectivity index (χ4v) is 4.65. The van der Waals surface area contributed by atoms with Crippen molar-refractivity contribution in [2.75, 3.05) is 12.8 Å². The molecule has 0 radical (unpaired) electrons. The van der Waals surface area contributed by atoms with Crippen LogP contribution in [-0.2, 0) is 22.6 Å². The molecule has 0 spiro atoms. The summed E-state index contributed by atoms with van der Waals surface area (Å²) in [4.78, 5) is 29.1. The van der Waals surface area contributed by atoms with Crippen molar-refractivity contribution in [2.45, 2.75) is 30.8 Å². The fourth-order valence-electron chi connectivity index (χ4n) is 3.42. The third kappa shape index (κ3) is 6.97. The molecule has 0 saturated heterocycles. The number of aryl methyl sites for hydroxylation is 1. The fraction of sp³-hybridized carbons (Fsp3) is 0.231. The summed E-state index contributed by atoms with van der Waals surface area (Å²) in [5.74, 6) is 0.0249. The van der Waals surface area contributed by atoms with E-state index in [9.17, 15) is 9.59 Å². The molecule has 2 amide bonds. The maximum Gasteiger partial charge on any atom is 0.242 e. The summed E-state index contributed by atoms with van der Waals surface area (Å²) in [5.41, 5.74) is 3.16. The summed E-state index contributed by atoms with van der Waals surface area (Å²) in [6.45, 7) is 2.40. The highest BCUT2D eigenvalue weighted by Gasteiger charge is 2.29. The molecule has 3 aromatic rings. The average Bonchev–Trinajstić information content (AvgIpc) is 2.81. The monoisotopic (exact) mass is 510 g/mol. The number of rotatable bonds is 9. The predicted octanol–water partition coefficient (Wildman–Crippen LogP) is 5.24. The van der Waals surface area contributed by atoms with Crippen LogP contribution in [0.15, 0.2) is 88.2 Å². The van der Waals surface area contributed by atoms with Crippen molar-refractivity contribution in [1.29, 1.82) is 0 Å². The van der Waals surface area contributed by atoms with Gasteiger partial charge in [-0.15, -0.1) is 11.8 Å². The van der Waals surface area contributed by atoms with Gasteiger partial charge in [-0.1, -0.05) is 76.1 Å². The Hall–Kier alpha value is -2.57. The molecule has 0 bridgehead atoms. The van der Waals surface area contributed by atoms with Crippen molar-refractivity contribution in [3.05, 3.63) is 100 Å². The van der Waals surface area contributed by atoms with Gasteiger partial charge in [-0.05, 0) is 42.3 Å². The highest BCUT2D eigenvalue weighted by molar-refractivity contribution is 9.10. The van der Waals surface area contributed by atoms with E-state index in [0.717, 1.165) is 20.5 Å². The van der Waals surface area contributed by atoms with Crippen LogP contribution in [0.3, 0.4) is 0 Å². The number of nitrogens with one attached hydrogen (secondary N) is 1. The normalized spacial score (nSPS) is 11.6. The van der Waals surface area contributed by atoms with Crippen LogP contribution in [0.25, 0.3) is 0 Å². The van der Waals surface area contributed by atoms with Crippen LogP contribution < -0.4 is 5.32 Å². The summed E-state index contributed by atoms with van der Waals surface area (Å²) in [6.07, 6.45) is 0.454. The molecule has 1 N–H and O–H groups in total. The molecule has 0 aliphatic heterocycles. The van der Waals surface area contributed by atoms with Crippen LogP contribution in [0.2, 0.25) is 0 Å². The van der Waals surface area contributed by atoms with E-state index in [-0.39, 0.29) is 17.6 Å². The zero-order valence-electron chi connectivity index (χ0n) is 18.3. The molecule has 0 fully saturated rings. The van der Waals surface area contributed by atoms with Gasteiger partial charge in [0.2, 0.25) is 11.8 Å². The third-order valence-corrected chi connectivity index (χ3v) is 6.63. The minimum Gasteiger partial charge on any atom is -0.357 e. The first-order chi connectivity index (χ1) is 15.5. The van der Waals surface area contributed by atoms with Gasteiger partial charge in [-0.25, -0.2) is 0 Å². The van der Waals surface area contributed by atoms with Gasteiger partial charge in [0.05, 0.1) is 5.75 Å². The minimum absolute atomic E-state index is 0.0694. The number of nitrogens with zero attached hydrogens (tertiary/aromatic N) is 1. The van der Waals surface area contributed by atoms with E-state index in [1.165, 1.54) is 17.3 Å². The first-order valence-corrected chi connectivity index (χ1v) is 12.2. The molecule has 0 saturated carbocycles. The van der Waals surface area contributed by atoms with E-state index >= 15 is 0 Å². The van der Waals surface area contributed by atoms with Crippen LogP contribution >= 0.6 is 27.7 Å². The maximum absolute atomic E-state index is 13.4. The van der Waals surface area contributed by atoms with E-state index in [1.807, 2.05) is 85.8 Å². The van der Waals surface area contributed by atoms with Gasteiger partial charge in [0.15, 0.2) is 0 Å². The van der Waals surface area contributed by atoms with Gasteiger partial charge in [-0.3, -0.25) is 9.59 Å². The van der Waals surface area contributed by atoms with Crippen molar-refractivity contribution < 1.29 is 9.59 Å². The summed E-state index contributed by atoms with van der Waals surface area (Å²) in [6, 6.07) is 25.2. The zero-order valence-corrected chi connectivity index (χ0v) is 20.7. The zero-order chi connectivity index (χ0) is 22.9. The Balaban J connectivity index is 1.86. The Labute approximate surface area is 202 Å². The highest BCUT2D eigenvalue weighted by atomic mass is 79.9.